The lowest BCUT2D eigenvalue weighted by molar-refractivity contribution is 0.309. The summed E-state index contributed by atoms with van der Waals surface area (Å²) in [6.45, 7) is 0.844. The van der Waals surface area contributed by atoms with Crippen LogP contribution in [0.1, 0.15) is 11.3 Å². The fraction of sp³-hybridized carbons (Fsp3) is 0.118. The van der Waals surface area contributed by atoms with Crippen molar-refractivity contribution in [2.24, 2.45) is 5.73 Å². The van der Waals surface area contributed by atoms with Gasteiger partial charge in [0.15, 0.2) is 0 Å². The predicted molar refractivity (Wildman–Crippen MR) is 85.4 cm³/mol. The van der Waals surface area contributed by atoms with Crippen molar-refractivity contribution < 1.29 is 4.74 Å². The first kappa shape index (κ1) is 13.9. The number of fused-ring (bicyclic) bond motifs is 1. The molecule has 2 aromatic carbocycles. The van der Waals surface area contributed by atoms with Crippen LogP contribution in [0.2, 0.25) is 5.02 Å². The van der Waals surface area contributed by atoms with Crippen molar-refractivity contribution in [1.82, 2.24) is 4.98 Å². The highest BCUT2D eigenvalue weighted by Crippen LogP contribution is 2.26. The Morgan fingerprint density at radius 2 is 1.90 bits per heavy atom. The van der Waals surface area contributed by atoms with Gasteiger partial charge in [0.1, 0.15) is 12.4 Å². The zero-order valence-corrected chi connectivity index (χ0v) is 12.2. The van der Waals surface area contributed by atoms with Gasteiger partial charge in [-0.1, -0.05) is 35.9 Å². The van der Waals surface area contributed by atoms with Gasteiger partial charge in [-0.25, -0.2) is 0 Å². The Morgan fingerprint density at radius 3 is 2.71 bits per heavy atom. The number of halogens is 1. The van der Waals surface area contributed by atoms with Crippen molar-refractivity contribution in [3.8, 4) is 5.75 Å². The number of nitrogens with two attached hydrogens (primary N) is 1. The smallest absolute Gasteiger partial charge is 0.131 e. The normalized spacial score (nSPS) is 10.8. The maximum atomic E-state index is 5.99. The molecule has 0 aliphatic carbocycles. The fourth-order valence-corrected chi connectivity index (χ4v) is 2.42. The molecule has 3 nitrogen and oxygen atoms in total. The van der Waals surface area contributed by atoms with E-state index >= 15 is 0 Å². The third-order valence-corrected chi connectivity index (χ3v) is 3.46. The van der Waals surface area contributed by atoms with Crippen molar-refractivity contribution in [2.45, 2.75) is 13.2 Å². The van der Waals surface area contributed by atoms with Gasteiger partial charge in [0, 0.05) is 23.0 Å². The number of hydrogen-bond donors (Lipinski definition) is 1. The summed E-state index contributed by atoms with van der Waals surface area (Å²) in [6.07, 6.45) is 0. The largest absolute Gasteiger partial charge is 0.488 e. The van der Waals surface area contributed by atoms with Gasteiger partial charge in [-0.2, -0.15) is 0 Å². The molecule has 3 rings (SSSR count). The van der Waals surface area contributed by atoms with Gasteiger partial charge in [0.05, 0.1) is 11.2 Å². The lowest BCUT2D eigenvalue weighted by Gasteiger charge is -2.11. The second-order valence-electron chi connectivity index (χ2n) is 4.75. The molecule has 0 saturated heterocycles. The summed E-state index contributed by atoms with van der Waals surface area (Å²) < 4.78 is 5.95. The minimum Gasteiger partial charge on any atom is -0.488 e. The van der Waals surface area contributed by atoms with Gasteiger partial charge in [0.2, 0.25) is 0 Å². The number of ether oxygens (including phenoxy) is 1. The Morgan fingerprint density at radius 1 is 1.05 bits per heavy atom. The average Bonchev–Trinajstić information content (AvgIpc) is 2.52. The van der Waals surface area contributed by atoms with Crippen molar-refractivity contribution in [2.75, 3.05) is 0 Å². The Balaban J connectivity index is 1.92. The van der Waals surface area contributed by atoms with E-state index in [1.54, 1.807) is 0 Å². The SMILES string of the molecule is NCc1cc(OCc2cccc(Cl)c2)c2ccccc2n1. The molecule has 2 N–H and O–H groups in total. The highest BCUT2D eigenvalue weighted by Gasteiger charge is 2.06. The molecule has 0 bridgehead atoms. The highest BCUT2D eigenvalue weighted by molar-refractivity contribution is 6.30. The number of benzene rings is 2. The first-order chi connectivity index (χ1) is 10.3. The van der Waals surface area contributed by atoms with E-state index in [1.807, 2.05) is 54.6 Å². The molecule has 1 heterocycles. The van der Waals surface area contributed by atoms with Gasteiger partial charge in [0.25, 0.3) is 0 Å². The molecule has 0 saturated carbocycles. The van der Waals surface area contributed by atoms with Gasteiger partial charge >= 0.3 is 0 Å². The summed E-state index contributed by atoms with van der Waals surface area (Å²) in [4.78, 5) is 4.50. The molecular weight excluding hydrogens is 284 g/mol. The number of aromatic nitrogens is 1. The molecule has 0 spiro atoms. The maximum absolute atomic E-state index is 5.99. The minimum atomic E-state index is 0.387. The van der Waals surface area contributed by atoms with Crippen LogP contribution in [0.25, 0.3) is 10.9 Å². The van der Waals surface area contributed by atoms with Crippen LogP contribution >= 0.6 is 11.6 Å². The molecule has 106 valence electrons. The number of pyridine rings is 1. The third-order valence-electron chi connectivity index (χ3n) is 3.22. The van der Waals surface area contributed by atoms with Crippen LogP contribution in [0.3, 0.4) is 0 Å². The number of rotatable bonds is 4. The fourth-order valence-electron chi connectivity index (χ4n) is 2.21. The first-order valence-corrected chi connectivity index (χ1v) is 7.10. The van der Waals surface area contributed by atoms with Gasteiger partial charge in [-0.3, -0.25) is 4.98 Å². The van der Waals surface area contributed by atoms with Crippen LogP contribution in [-0.4, -0.2) is 4.98 Å². The van der Waals surface area contributed by atoms with Gasteiger partial charge < -0.3 is 10.5 Å². The van der Waals surface area contributed by atoms with Crippen LogP contribution in [0.5, 0.6) is 5.75 Å². The first-order valence-electron chi connectivity index (χ1n) is 6.72. The molecule has 0 unspecified atom stereocenters. The Labute approximate surface area is 128 Å². The van der Waals surface area contributed by atoms with E-state index in [1.165, 1.54) is 0 Å². The van der Waals surface area contributed by atoms with Crippen molar-refractivity contribution in [3.05, 3.63) is 70.9 Å². The molecule has 0 fully saturated rings. The Bertz CT molecular complexity index is 774. The molecule has 4 heteroatoms. The molecule has 0 amide bonds. The number of para-hydroxylation sites is 1. The van der Waals surface area contributed by atoms with E-state index in [0.29, 0.717) is 18.2 Å². The Kier molecular flexibility index (Phi) is 4.04. The molecule has 3 aromatic rings. The zero-order valence-electron chi connectivity index (χ0n) is 11.4. The predicted octanol–water partition coefficient (Wildman–Crippen LogP) is 3.93. The van der Waals surface area contributed by atoms with Crippen LogP contribution in [0.4, 0.5) is 0 Å². The summed E-state index contributed by atoms with van der Waals surface area (Å²) in [5.74, 6) is 0.793. The second-order valence-corrected chi connectivity index (χ2v) is 5.19. The summed E-state index contributed by atoms with van der Waals surface area (Å²) in [7, 11) is 0. The van der Waals surface area contributed by atoms with Gasteiger partial charge in [-0.15, -0.1) is 0 Å². The van der Waals surface area contributed by atoms with E-state index in [2.05, 4.69) is 4.98 Å². The van der Waals surface area contributed by atoms with E-state index in [9.17, 15) is 0 Å². The molecule has 0 radical (unpaired) electrons. The number of nitrogens with zero attached hydrogens (tertiary/aromatic N) is 1. The van der Waals surface area contributed by atoms with E-state index in [4.69, 9.17) is 22.1 Å². The van der Waals surface area contributed by atoms with Crippen LogP contribution < -0.4 is 10.5 Å². The van der Waals surface area contributed by atoms with Crippen LogP contribution in [-0.2, 0) is 13.2 Å². The standard InChI is InChI=1S/C17H15ClN2O/c18-13-5-3-4-12(8-13)11-21-17-9-14(10-19)20-16-7-2-1-6-15(16)17/h1-9H,10-11,19H2. The van der Waals surface area contributed by atoms with E-state index in [0.717, 1.165) is 27.9 Å². The molecule has 0 atom stereocenters. The topological polar surface area (TPSA) is 48.1 Å². The average molecular weight is 299 g/mol. The molecule has 0 aliphatic heterocycles. The van der Waals surface area contributed by atoms with Crippen molar-refractivity contribution in [3.63, 3.8) is 0 Å². The monoisotopic (exact) mass is 298 g/mol. The lowest BCUT2D eigenvalue weighted by Crippen LogP contribution is -2.02. The maximum Gasteiger partial charge on any atom is 0.131 e. The van der Waals surface area contributed by atoms with E-state index < -0.39 is 0 Å². The summed E-state index contributed by atoms with van der Waals surface area (Å²) in [5.41, 5.74) is 8.43. The van der Waals surface area contributed by atoms with Crippen molar-refractivity contribution in [1.29, 1.82) is 0 Å². The third kappa shape index (κ3) is 3.15. The molecular formula is C17H15ClN2O. The summed E-state index contributed by atoms with van der Waals surface area (Å²) in [5, 5.41) is 1.69. The summed E-state index contributed by atoms with van der Waals surface area (Å²) in [6, 6.07) is 17.4. The second kappa shape index (κ2) is 6.12. The highest BCUT2D eigenvalue weighted by atomic mass is 35.5. The minimum absolute atomic E-state index is 0.387. The van der Waals surface area contributed by atoms with Gasteiger partial charge in [-0.05, 0) is 29.8 Å². The van der Waals surface area contributed by atoms with E-state index in [-0.39, 0.29) is 0 Å². The molecule has 1 aromatic heterocycles. The number of hydrogen-bond acceptors (Lipinski definition) is 3. The quantitative estimate of drug-likeness (QED) is 0.794. The van der Waals surface area contributed by atoms with Crippen molar-refractivity contribution >= 4 is 22.5 Å². The molecule has 21 heavy (non-hydrogen) atoms. The summed E-state index contributed by atoms with van der Waals surface area (Å²) >= 11 is 5.99. The lowest BCUT2D eigenvalue weighted by atomic mass is 10.1. The molecule has 0 aliphatic rings. The zero-order chi connectivity index (χ0) is 14.7. The van der Waals surface area contributed by atoms with Crippen LogP contribution in [0.15, 0.2) is 54.6 Å². The van der Waals surface area contributed by atoms with Crippen LogP contribution in [0, 0.1) is 0 Å². The Hall–Kier alpha value is -2.10.